The van der Waals surface area contributed by atoms with Gasteiger partial charge in [0.2, 0.25) is 0 Å². The molecular weight excluding hydrogens is 391 g/mol. The summed E-state index contributed by atoms with van der Waals surface area (Å²) in [6.45, 7) is 8.50. The molecule has 1 N–H and O–H groups in total. The van der Waals surface area contributed by atoms with Crippen molar-refractivity contribution in [2.45, 2.75) is 46.1 Å². The Morgan fingerprint density at radius 2 is 2.27 bits per heavy atom. The highest BCUT2D eigenvalue weighted by Gasteiger charge is 2.31. The van der Waals surface area contributed by atoms with Gasteiger partial charge in [0.25, 0.3) is 0 Å². The van der Waals surface area contributed by atoms with Crippen LogP contribution in [0.15, 0.2) is 17.6 Å². The zero-order chi connectivity index (χ0) is 15.1. The fourth-order valence-electron chi connectivity index (χ4n) is 3.27. The molecule has 2 heterocycles. The number of nitrogens with zero attached hydrogens (tertiary/aromatic N) is 5. The number of likely N-dealkylation sites (tertiary alicyclic amines) is 1. The highest BCUT2D eigenvalue weighted by atomic mass is 127. The van der Waals surface area contributed by atoms with Gasteiger partial charge in [-0.3, -0.25) is 9.67 Å². The zero-order valence-corrected chi connectivity index (χ0v) is 16.3. The van der Waals surface area contributed by atoms with E-state index in [1.54, 1.807) is 12.7 Å². The molecule has 1 aliphatic rings. The molecule has 1 saturated heterocycles. The van der Waals surface area contributed by atoms with Crippen LogP contribution in [0.25, 0.3) is 0 Å². The fraction of sp³-hybridized carbons (Fsp3) is 0.800. The lowest BCUT2D eigenvalue weighted by Crippen LogP contribution is -2.50. The molecular formula is C15H29IN6. The van der Waals surface area contributed by atoms with Crippen LogP contribution in [0, 0.1) is 5.41 Å². The normalized spacial score (nSPS) is 22.3. The van der Waals surface area contributed by atoms with Gasteiger partial charge >= 0.3 is 0 Å². The molecule has 0 spiro atoms. The van der Waals surface area contributed by atoms with Crippen LogP contribution in [-0.2, 0) is 6.54 Å². The Bertz CT molecular complexity index is 443. The number of hydrogen-bond acceptors (Lipinski definition) is 3. The number of nitrogens with one attached hydrogen (secondary N) is 1. The van der Waals surface area contributed by atoms with Crippen molar-refractivity contribution in [3.8, 4) is 0 Å². The lowest BCUT2D eigenvalue weighted by atomic mass is 9.78. The molecule has 7 heteroatoms. The van der Waals surface area contributed by atoms with E-state index in [-0.39, 0.29) is 24.0 Å². The van der Waals surface area contributed by atoms with Crippen molar-refractivity contribution in [3.63, 3.8) is 0 Å². The first-order valence-corrected chi connectivity index (χ1v) is 7.95. The van der Waals surface area contributed by atoms with E-state index in [2.05, 4.69) is 39.1 Å². The van der Waals surface area contributed by atoms with Crippen LogP contribution in [0.3, 0.4) is 0 Å². The van der Waals surface area contributed by atoms with Gasteiger partial charge in [0.05, 0.1) is 6.54 Å². The maximum absolute atomic E-state index is 4.44. The first-order valence-electron chi connectivity index (χ1n) is 7.95. The average molecular weight is 420 g/mol. The van der Waals surface area contributed by atoms with Crippen molar-refractivity contribution in [2.75, 3.05) is 26.7 Å². The minimum Gasteiger partial charge on any atom is -0.354 e. The van der Waals surface area contributed by atoms with E-state index >= 15 is 0 Å². The standard InChI is InChI=1S/C15H28N6.HI/c1-4-6-15(2)7-5-9-20(11-15)14(16-3)18-8-10-21-13-17-12-19-21;/h12-13H,4-11H2,1-3H3,(H,16,18);1H. The minimum absolute atomic E-state index is 0. The molecule has 1 aliphatic heterocycles. The molecule has 1 aromatic rings. The van der Waals surface area contributed by atoms with Gasteiger partial charge in [-0.15, -0.1) is 24.0 Å². The lowest BCUT2D eigenvalue weighted by molar-refractivity contribution is 0.142. The second-order valence-electron chi connectivity index (χ2n) is 6.22. The highest BCUT2D eigenvalue weighted by Crippen LogP contribution is 2.33. The topological polar surface area (TPSA) is 58.3 Å². The molecule has 0 bridgehead atoms. The van der Waals surface area contributed by atoms with Gasteiger partial charge in [-0.05, 0) is 24.7 Å². The molecule has 0 radical (unpaired) electrons. The van der Waals surface area contributed by atoms with Crippen molar-refractivity contribution in [1.29, 1.82) is 0 Å². The summed E-state index contributed by atoms with van der Waals surface area (Å²) in [5.41, 5.74) is 0.427. The molecule has 0 amide bonds. The van der Waals surface area contributed by atoms with E-state index in [1.807, 2.05) is 11.7 Å². The molecule has 1 atom stereocenters. The molecule has 0 saturated carbocycles. The fourth-order valence-corrected chi connectivity index (χ4v) is 3.27. The third kappa shape index (κ3) is 5.40. The molecule has 2 rings (SSSR count). The summed E-state index contributed by atoms with van der Waals surface area (Å²) in [6.07, 6.45) is 8.43. The van der Waals surface area contributed by atoms with Crippen LogP contribution in [0.2, 0.25) is 0 Å². The second kappa shape index (κ2) is 9.32. The summed E-state index contributed by atoms with van der Waals surface area (Å²) in [7, 11) is 1.86. The Labute approximate surface area is 150 Å². The van der Waals surface area contributed by atoms with Crippen molar-refractivity contribution in [3.05, 3.63) is 12.7 Å². The largest absolute Gasteiger partial charge is 0.354 e. The molecule has 1 aromatic heterocycles. The number of rotatable bonds is 5. The number of halogens is 1. The van der Waals surface area contributed by atoms with Crippen LogP contribution in [-0.4, -0.2) is 52.3 Å². The monoisotopic (exact) mass is 420 g/mol. The predicted molar refractivity (Wildman–Crippen MR) is 101 cm³/mol. The number of aliphatic imine (C=N–C) groups is 1. The van der Waals surface area contributed by atoms with Crippen LogP contribution in [0.4, 0.5) is 0 Å². The molecule has 0 aliphatic carbocycles. The lowest BCUT2D eigenvalue weighted by Gasteiger charge is -2.42. The molecule has 126 valence electrons. The molecule has 1 fully saturated rings. The van der Waals surface area contributed by atoms with E-state index in [9.17, 15) is 0 Å². The summed E-state index contributed by atoms with van der Waals surface area (Å²) in [5, 5.41) is 7.56. The van der Waals surface area contributed by atoms with E-state index < -0.39 is 0 Å². The van der Waals surface area contributed by atoms with Gasteiger partial charge in [-0.1, -0.05) is 20.3 Å². The van der Waals surface area contributed by atoms with Gasteiger partial charge in [-0.2, -0.15) is 5.10 Å². The summed E-state index contributed by atoms with van der Waals surface area (Å²) in [5.74, 6) is 1.01. The van der Waals surface area contributed by atoms with Gasteiger partial charge in [0, 0.05) is 26.7 Å². The molecule has 6 nitrogen and oxygen atoms in total. The van der Waals surface area contributed by atoms with E-state index in [0.717, 1.165) is 32.1 Å². The van der Waals surface area contributed by atoms with Gasteiger partial charge < -0.3 is 10.2 Å². The van der Waals surface area contributed by atoms with E-state index in [0.29, 0.717) is 5.41 Å². The third-order valence-corrected chi connectivity index (χ3v) is 4.24. The van der Waals surface area contributed by atoms with Gasteiger partial charge in [-0.25, -0.2) is 4.98 Å². The van der Waals surface area contributed by atoms with Gasteiger partial charge in [0.15, 0.2) is 5.96 Å². The van der Waals surface area contributed by atoms with E-state index in [4.69, 9.17) is 0 Å². The summed E-state index contributed by atoms with van der Waals surface area (Å²) in [4.78, 5) is 10.8. The van der Waals surface area contributed by atoms with Crippen LogP contribution >= 0.6 is 24.0 Å². The predicted octanol–water partition coefficient (Wildman–Crippen LogP) is 2.37. The van der Waals surface area contributed by atoms with Crippen molar-refractivity contribution in [1.82, 2.24) is 25.0 Å². The maximum Gasteiger partial charge on any atom is 0.193 e. The Morgan fingerprint density at radius 3 is 2.91 bits per heavy atom. The first-order chi connectivity index (χ1) is 10.2. The Morgan fingerprint density at radius 1 is 1.45 bits per heavy atom. The number of piperidine rings is 1. The molecule has 22 heavy (non-hydrogen) atoms. The molecule has 1 unspecified atom stereocenters. The number of aromatic nitrogens is 3. The second-order valence-corrected chi connectivity index (χ2v) is 6.22. The zero-order valence-electron chi connectivity index (χ0n) is 14.0. The van der Waals surface area contributed by atoms with Crippen molar-refractivity contribution < 1.29 is 0 Å². The molecule has 0 aromatic carbocycles. The van der Waals surface area contributed by atoms with Crippen molar-refractivity contribution >= 4 is 29.9 Å². The Kier molecular flexibility index (Phi) is 8.13. The number of guanidine groups is 1. The summed E-state index contributed by atoms with van der Waals surface area (Å²) >= 11 is 0. The SMILES string of the molecule is CCCC1(C)CCCN(C(=NC)NCCn2cncn2)C1.I. The highest BCUT2D eigenvalue weighted by molar-refractivity contribution is 14.0. The Hall–Kier alpha value is -0.860. The first kappa shape index (κ1) is 19.2. The summed E-state index contributed by atoms with van der Waals surface area (Å²) in [6, 6.07) is 0. The van der Waals surface area contributed by atoms with Crippen LogP contribution in [0.1, 0.15) is 39.5 Å². The van der Waals surface area contributed by atoms with E-state index in [1.165, 1.54) is 25.7 Å². The van der Waals surface area contributed by atoms with Crippen LogP contribution in [0.5, 0.6) is 0 Å². The third-order valence-electron chi connectivity index (χ3n) is 4.24. The minimum atomic E-state index is 0. The number of hydrogen-bond donors (Lipinski definition) is 1. The van der Waals surface area contributed by atoms with Crippen LogP contribution < -0.4 is 5.32 Å². The average Bonchev–Trinajstić information content (AvgIpc) is 2.97. The quantitative estimate of drug-likeness (QED) is 0.452. The Balaban J connectivity index is 0.00000242. The van der Waals surface area contributed by atoms with Crippen molar-refractivity contribution in [2.24, 2.45) is 10.4 Å². The maximum atomic E-state index is 4.44. The smallest absolute Gasteiger partial charge is 0.193 e. The van der Waals surface area contributed by atoms with Gasteiger partial charge in [0.1, 0.15) is 12.7 Å². The summed E-state index contributed by atoms with van der Waals surface area (Å²) < 4.78 is 1.83.